The van der Waals surface area contributed by atoms with Crippen LogP contribution in [-0.4, -0.2) is 49.1 Å². The Morgan fingerprint density at radius 2 is 1.92 bits per heavy atom. The van der Waals surface area contributed by atoms with E-state index in [4.69, 9.17) is 11.6 Å². The van der Waals surface area contributed by atoms with Crippen molar-refractivity contribution in [2.45, 2.75) is 31.4 Å². The molecular weight excluding hydrogens is 354 g/mol. The number of anilines is 1. The zero-order valence-electron chi connectivity index (χ0n) is 13.4. The van der Waals surface area contributed by atoms with Crippen LogP contribution in [0.25, 0.3) is 0 Å². The molecule has 3 rings (SSSR count). The molecule has 1 aromatic carbocycles. The van der Waals surface area contributed by atoms with Crippen LogP contribution in [0, 0.1) is 17.0 Å². The largest absolute Gasteiger partial charge is 0.369 e. The van der Waals surface area contributed by atoms with E-state index in [9.17, 15) is 18.5 Å². The highest BCUT2D eigenvalue weighted by atomic mass is 35.5. The summed E-state index contributed by atoms with van der Waals surface area (Å²) in [6, 6.07) is 2.80. The Labute approximate surface area is 146 Å². The molecule has 24 heavy (non-hydrogen) atoms. The van der Waals surface area contributed by atoms with E-state index in [1.807, 2.05) is 4.90 Å². The lowest BCUT2D eigenvalue weighted by Crippen LogP contribution is -2.38. The first-order valence-corrected chi connectivity index (χ1v) is 9.87. The van der Waals surface area contributed by atoms with E-state index >= 15 is 0 Å². The van der Waals surface area contributed by atoms with Crippen LogP contribution in [0.2, 0.25) is 5.02 Å². The number of rotatable bonds is 4. The molecule has 1 unspecified atom stereocenters. The van der Waals surface area contributed by atoms with Crippen molar-refractivity contribution in [1.29, 1.82) is 0 Å². The molecule has 1 aromatic rings. The number of nitro benzene ring substituents is 1. The minimum absolute atomic E-state index is 0.0540. The van der Waals surface area contributed by atoms with Crippen LogP contribution in [0.4, 0.5) is 11.4 Å². The van der Waals surface area contributed by atoms with Gasteiger partial charge in [-0.25, -0.2) is 12.7 Å². The molecule has 2 aliphatic heterocycles. The van der Waals surface area contributed by atoms with Gasteiger partial charge in [0.05, 0.1) is 20.9 Å². The molecule has 0 spiro atoms. The second-order valence-corrected chi connectivity index (χ2v) is 8.98. The third kappa shape index (κ3) is 3.10. The quantitative estimate of drug-likeness (QED) is 0.598. The minimum Gasteiger partial charge on any atom is -0.369 e. The van der Waals surface area contributed by atoms with Crippen LogP contribution in [-0.2, 0) is 10.0 Å². The molecule has 2 saturated heterocycles. The van der Waals surface area contributed by atoms with Crippen molar-refractivity contribution in [2.75, 3.05) is 31.1 Å². The number of aryl methyl sites for hydroxylation is 1. The van der Waals surface area contributed by atoms with E-state index in [0.717, 1.165) is 12.8 Å². The summed E-state index contributed by atoms with van der Waals surface area (Å²) >= 11 is 6.24. The highest BCUT2D eigenvalue weighted by molar-refractivity contribution is 7.89. The number of sulfonamides is 1. The first-order chi connectivity index (χ1) is 11.3. The predicted molar refractivity (Wildman–Crippen MR) is 93.2 cm³/mol. The highest BCUT2D eigenvalue weighted by Crippen LogP contribution is 2.37. The summed E-state index contributed by atoms with van der Waals surface area (Å²) in [4.78, 5) is 12.4. The van der Waals surface area contributed by atoms with E-state index in [-0.39, 0.29) is 5.69 Å². The molecule has 132 valence electrons. The Bertz CT molecular complexity index is 739. The van der Waals surface area contributed by atoms with Crippen molar-refractivity contribution in [3.8, 4) is 0 Å². The fourth-order valence-corrected chi connectivity index (χ4v) is 5.89. The summed E-state index contributed by atoms with van der Waals surface area (Å²) in [6.07, 6.45) is 2.39. The monoisotopic (exact) mass is 373 g/mol. The van der Waals surface area contributed by atoms with E-state index in [2.05, 4.69) is 0 Å². The fraction of sp³-hybridized carbons (Fsp3) is 0.600. The maximum Gasteiger partial charge on any atom is 0.271 e. The number of nitro groups is 1. The lowest BCUT2D eigenvalue weighted by Gasteiger charge is -2.24. The second-order valence-electron chi connectivity index (χ2n) is 6.36. The summed E-state index contributed by atoms with van der Waals surface area (Å²) in [6.45, 7) is 3.93. The topological polar surface area (TPSA) is 83.8 Å². The van der Waals surface area contributed by atoms with Gasteiger partial charge < -0.3 is 4.90 Å². The smallest absolute Gasteiger partial charge is 0.271 e. The van der Waals surface area contributed by atoms with Crippen LogP contribution >= 0.6 is 11.6 Å². The number of benzene rings is 1. The number of non-ortho nitro benzene ring substituents is 1. The van der Waals surface area contributed by atoms with Crippen molar-refractivity contribution in [2.24, 2.45) is 0 Å². The van der Waals surface area contributed by atoms with Crippen molar-refractivity contribution in [1.82, 2.24) is 4.31 Å². The molecule has 0 bridgehead atoms. The first kappa shape index (κ1) is 17.4. The van der Waals surface area contributed by atoms with Crippen LogP contribution in [0.3, 0.4) is 0 Å². The molecule has 0 saturated carbocycles. The van der Waals surface area contributed by atoms with E-state index in [1.165, 1.54) is 12.1 Å². The zero-order valence-corrected chi connectivity index (χ0v) is 15.0. The summed E-state index contributed by atoms with van der Waals surface area (Å²) in [7, 11) is -3.29. The molecule has 0 aromatic heterocycles. The van der Waals surface area contributed by atoms with Crippen LogP contribution < -0.4 is 4.90 Å². The number of hydrogen-bond donors (Lipinski definition) is 0. The average Bonchev–Trinajstić information content (AvgIpc) is 3.18. The van der Waals surface area contributed by atoms with Gasteiger partial charge in [0.2, 0.25) is 10.0 Å². The number of nitrogens with zero attached hydrogens (tertiary/aromatic N) is 3. The molecule has 7 nitrogen and oxygen atoms in total. The third-order valence-corrected chi connectivity index (χ3v) is 7.36. The molecule has 2 fully saturated rings. The summed E-state index contributed by atoms with van der Waals surface area (Å²) in [5.74, 6) is 0. The Kier molecular flexibility index (Phi) is 4.72. The Hall–Kier alpha value is -1.38. The molecule has 2 aliphatic rings. The van der Waals surface area contributed by atoms with Crippen molar-refractivity contribution < 1.29 is 13.3 Å². The Morgan fingerprint density at radius 1 is 1.25 bits per heavy atom. The summed E-state index contributed by atoms with van der Waals surface area (Å²) in [5, 5.41) is 10.8. The van der Waals surface area contributed by atoms with E-state index in [0.29, 0.717) is 48.9 Å². The summed E-state index contributed by atoms with van der Waals surface area (Å²) in [5.41, 5.74) is 1.33. The van der Waals surface area contributed by atoms with E-state index < -0.39 is 20.2 Å². The van der Waals surface area contributed by atoms with Gasteiger partial charge in [0.1, 0.15) is 0 Å². The molecule has 1 atom stereocenters. The van der Waals surface area contributed by atoms with Crippen molar-refractivity contribution in [3.63, 3.8) is 0 Å². The van der Waals surface area contributed by atoms with Gasteiger partial charge in [0, 0.05) is 38.3 Å². The molecule has 9 heteroatoms. The van der Waals surface area contributed by atoms with Gasteiger partial charge >= 0.3 is 0 Å². The van der Waals surface area contributed by atoms with Gasteiger partial charge in [0.15, 0.2) is 0 Å². The van der Waals surface area contributed by atoms with Gasteiger partial charge in [0.25, 0.3) is 5.69 Å². The van der Waals surface area contributed by atoms with Gasteiger partial charge in [-0.15, -0.1) is 0 Å². The molecule has 0 aliphatic carbocycles. The Morgan fingerprint density at radius 3 is 2.50 bits per heavy atom. The first-order valence-electron chi connectivity index (χ1n) is 7.99. The lowest BCUT2D eigenvalue weighted by atomic mass is 10.1. The zero-order chi connectivity index (χ0) is 17.5. The molecule has 2 heterocycles. The van der Waals surface area contributed by atoms with Gasteiger partial charge in [-0.3, -0.25) is 10.1 Å². The maximum atomic E-state index is 12.7. The fourth-order valence-electron chi connectivity index (χ4n) is 3.55. The third-order valence-electron chi connectivity index (χ3n) is 4.76. The standard InChI is InChI=1S/C15H20ClN3O4S/c1-11-8-12(19(20)21)9-14(16)15(11)17-7-4-13(10-17)24(22,23)18-5-2-3-6-18/h8-9,13H,2-7,10H2,1H3. The molecule has 0 radical (unpaired) electrons. The lowest BCUT2D eigenvalue weighted by molar-refractivity contribution is -0.384. The normalized spacial score (nSPS) is 22.2. The van der Waals surface area contributed by atoms with Gasteiger partial charge in [-0.2, -0.15) is 0 Å². The molecule has 0 amide bonds. The van der Waals surface area contributed by atoms with Crippen molar-refractivity contribution in [3.05, 3.63) is 32.8 Å². The van der Waals surface area contributed by atoms with Crippen LogP contribution in [0.5, 0.6) is 0 Å². The Balaban J connectivity index is 1.82. The minimum atomic E-state index is -3.29. The van der Waals surface area contributed by atoms with Gasteiger partial charge in [-0.1, -0.05) is 11.6 Å². The maximum absolute atomic E-state index is 12.7. The molecule has 0 N–H and O–H groups in total. The van der Waals surface area contributed by atoms with Crippen LogP contribution in [0.1, 0.15) is 24.8 Å². The summed E-state index contributed by atoms with van der Waals surface area (Å²) < 4.78 is 27.0. The van der Waals surface area contributed by atoms with Crippen LogP contribution in [0.15, 0.2) is 12.1 Å². The predicted octanol–water partition coefficient (Wildman–Crippen LogP) is 2.56. The SMILES string of the molecule is Cc1cc([N+](=O)[O-])cc(Cl)c1N1CCC(S(=O)(=O)N2CCCC2)C1. The van der Waals surface area contributed by atoms with E-state index in [1.54, 1.807) is 11.2 Å². The second kappa shape index (κ2) is 6.50. The van der Waals surface area contributed by atoms with Gasteiger partial charge in [-0.05, 0) is 31.7 Å². The average molecular weight is 374 g/mol. The van der Waals surface area contributed by atoms with Crippen molar-refractivity contribution >= 4 is 33.0 Å². The highest BCUT2D eigenvalue weighted by Gasteiger charge is 2.39. The number of hydrogen-bond acceptors (Lipinski definition) is 5. The number of halogens is 1. The molecular formula is C15H20ClN3O4S.